The van der Waals surface area contributed by atoms with Crippen molar-refractivity contribution in [1.29, 1.82) is 0 Å². The Bertz CT molecular complexity index is 134. The van der Waals surface area contributed by atoms with Crippen molar-refractivity contribution in [1.82, 2.24) is 4.90 Å². The van der Waals surface area contributed by atoms with Crippen LogP contribution in [0, 0.1) is 5.41 Å². The molecule has 0 bridgehead atoms. The second-order valence-corrected chi connectivity index (χ2v) is 5.25. The highest BCUT2D eigenvalue weighted by Gasteiger charge is 2.22. The molecule has 0 unspecified atom stereocenters. The van der Waals surface area contributed by atoms with Crippen LogP contribution in [0.4, 0.5) is 0 Å². The molecule has 1 heteroatoms. The summed E-state index contributed by atoms with van der Waals surface area (Å²) < 4.78 is 0. The summed E-state index contributed by atoms with van der Waals surface area (Å²) in [6.45, 7) is 11.1. The zero-order valence-electron chi connectivity index (χ0n) is 9.60. The Morgan fingerprint density at radius 1 is 1.15 bits per heavy atom. The maximum Gasteiger partial charge on any atom is 0.00327 e. The molecule has 0 aromatic carbocycles. The van der Waals surface area contributed by atoms with E-state index >= 15 is 0 Å². The number of unbranched alkanes of at least 4 members (excludes halogenated alkanes) is 1. The first kappa shape index (κ1) is 11.0. The van der Waals surface area contributed by atoms with Crippen molar-refractivity contribution < 1.29 is 0 Å². The van der Waals surface area contributed by atoms with E-state index < -0.39 is 0 Å². The van der Waals surface area contributed by atoms with E-state index in [4.69, 9.17) is 0 Å². The third-order valence-electron chi connectivity index (χ3n) is 3.06. The predicted molar refractivity (Wildman–Crippen MR) is 59.0 cm³/mol. The Hall–Kier alpha value is -0.0400. The van der Waals surface area contributed by atoms with Crippen LogP contribution in [0.15, 0.2) is 0 Å². The van der Waals surface area contributed by atoms with Crippen molar-refractivity contribution in [3.63, 3.8) is 0 Å². The fraction of sp³-hybridized carbons (Fsp3) is 1.00. The van der Waals surface area contributed by atoms with Crippen molar-refractivity contribution in [2.24, 2.45) is 5.41 Å². The maximum absolute atomic E-state index is 2.63. The Labute approximate surface area is 83.5 Å². The highest BCUT2D eigenvalue weighted by Crippen LogP contribution is 2.26. The Balaban J connectivity index is 2.23. The van der Waals surface area contributed by atoms with Crippen molar-refractivity contribution in [2.75, 3.05) is 19.6 Å². The zero-order valence-corrected chi connectivity index (χ0v) is 9.60. The third-order valence-corrected chi connectivity index (χ3v) is 3.06. The smallest absolute Gasteiger partial charge is 0.00327 e. The lowest BCUT2D eigenvalue weighted by Crippen LogP contribution is -2.32. The molecule has 0 aromatic heterocycles. The molecule has 0 spiro atoms. The summed E-state index contributed by atoms with van der Waals surface area (Å²) in [5.74, 6) is 0. The SMILES string of the molecule is CCCCC(C)(C)CN1CCCC1. The maximum atomic E-state index is 2.63. The van der Waals surface area contributed by atoms with Crippen molar-refractivity contribution in [3.8, 4) is 0 Å². The van der Waals surface area contributed by atoms with Crippen LogP contribution >= 0.6 is 0 Å². The minimum absolute atomic E-state index is 0.542. The first-order chi connectivity index (χ1) is 6.14. The molecule has 1 nitrogen and oxygen atoms in total. The van der Waals surface area contributed by atoms with E-state index in [2.05, 4.69) is 25.7 Å². The van der Waals surface area contributed by atoms with Crippen LogP contribution in [0.3, 0.4) is 0 Å². The number of rotatable bonds is 5. The summed E-state index contributed by atoms with van der Waals surface area (Å²) in [6, 6.07) is 0. The van der Waals surface area contributed by atoms with Gasteiger partial charge in [0.2, 0.25) is 0 Å². The molecule has 1 saturated heterocycles. The average Bonchev–Trinajstić information content (AvgIpc) is 2.52. The monoisotopic (exact) mass is 183 g/mol. The van der Waals surface area contributed by atoms with Crippen molar-refractivity contribution in [2.45, 2.75) is 52.9 Å². The lowest BCUT2D eigenvalue weighted by Gasteiger charge is -2.30. The summed E-state index contributed by atoms with van der Waals surface area (Å²) in [5, 5.41) is 0. The molecular weight excluding hydrogens is 158 g/mol. The second-order valence-electron chi connectivity index (χ2n) is 5.25. The van der Waals surface area contributed by atoms with E-state index in [1.54, 1.807) is 0 Å². The van der Waals surface area contributed by atoms with Gasteiger partial charge in [0.1, 0.15) is 0 Å². The average molecular weight is 183 g/mol. The molecule has 0 aliphatic carbocycles. The molecular formula is C12H25N. The van der Waals surface area contributed by atoms with E-state index in [9.17, 15) is 0 Å². The summed E-state index contributed by atoms with van der Waals surface area (Å²) in [7, 11) is 0. The quantitative estimate of drug-likeness (QED) is 0.632. The fourth-order valence-electron chi connectivity index (χ4n) is 2.28. The van der Waals surface area contributed by atoms with Crippen molar-refractivity contribution >= 4 is 0 Å². The van der Waals surface area contributed by atoms with Crippen LogP contribution in [-0.2, 0) is 0 Å². The lowest BCUT2D eigenvalue weighted by atomic mass is 9.87. The van der Waals surface area contributed by atoms with Gasteiger partial charge in [-0.05, 0) is 37.8 Å². The Kier molecular flexibility index (Phi) is 4.24. The predicted octanol–water partition coefficient (Wildman–Crippen LogP) is 3.30. The molecule has 1 aliphatic heterocycles. The topological polar surface area (TPSA) is 3.24 Å². The van der Waals surface area contributed by atoms with Gasteiger partial charge in [-0.1, -0.05) is 33.6 Å². The van der Waals surface area contributed by atoms with Gasteiger partial charge in [-0.25, -0.2) is 0 Å². The molecule has 0 radical (unpaired) electrons. The van der Waals surface area contributed by atoms with Crippen LogP contribution in [0.2, 0.25) is 0 Å². The molecule has 1 heterocycles. The summed E-state index contributed by atoms with van der Waals surface area (Å²) in [5.41, 5.74) is 0.542. The molecule has 0 N–H and O–H groups in total. The molecule has 0 atom stereocenters. The first-order valence-electron chi connectivity index (χ1n) is 5.86. The van der Waals surface area contributed by atoms with Gasteiger partial charge < -0.3 is 4.90 Å². The standard InChI is InChI=1S/C12H25N/c1-4-5-8-12(2,3)11-13-9-6-7-10-13/h4-11H2,1-3H3. The van der Waals surface area contributed by atoms with E-state index in [0.717, 1.165) is 0 Å². The molecule has 0 aromatic rings. The van der Waals surface area contributed by atoms with Crippen LogP contribution in [0.25, 0.3) is 0 Å². The van der Waals surface area contributed by atoms with Crippen LogP contribution in [0.5, 0.6) is 0 Å². The highest BCUT2D eigenvalue weighted by atomic mass is 15.1. The van der Waals surface area contributed by atoms with Crippen LogP contribution < -0.4 is 0 Å². The Morgan fingerprint density at radius 2 is 1.77 bits per heavy atom. The molecule has 0 amide bonds. The van der Waals surface area contributed by atoms with Crippen LogP contribution in [0.1, 0.15) is 52.9 Å². The first-order valence-corrected chi connectivity index (χ1v) is 5.86. The molecule has 1 rings (SSSR count). The molecule has 1 fully saturated rings. The summed E-state index contributed by atoms with van der Waals surface area (Å²) >= 11 is 0. The van der Waals surface area contributed by atoms with Gasteiger partial charge >= 0.3 is 0 Å². The number of nitrogens with zero attached hydrogens (tertiary/aromatic N) is 1. The third kappa shape index (κ3) is 4.12. The van der Waals surface area contributed by atoms with E-state index in [-0.39, 0.29) is 0 Å². The van der Waals surface area contributed by atoms with Gasteiger partial charge in [0.05, 0.1) is 0 Å². The van der Waals surface area contributed by atoms with E-state index in [0.29, 0.717) is 5.41 Å². The largest absolute Gasteiger partial charge is 0.303 e. The minimum atomic E-state index is 0.542. The number of hydrogen-bond donors (Lipinski definition) is 0. The second kappa shape index (κ2) is 4.99. The van der Waals surface area contributed by atoms with Crippen molar-refractivity contribution in [3.05, 3.63) is 0 Å². The molecule has 13 heavy (non-hydrogen) atoms. The normalized spacial score (nSPS) is 19.6. The van der Waals surface area contributed by atoms with Gasteiger partial charge in [0.25, 0.3) is 0 Å². The Morgan fingerprint density at radius 3 is 2.31 bits per heavy atom. The summed E-state index contributed by atoms with van der Waals surface area (Å²) in [4.78, 5) is 2.63. The molecule has 0 saturated carbocycles. The lowest BCUT2D eigenvalue weighted by molar-refractivity contribution is 0.194. The van der Waals surface area contributed by atoms with E-state index in [1.165, 1.54) is 51.7 Å². The van der Waals surface area contributed by atoms with Gasteiger partial charge in [-0.15, -0.1) is 0 Å². The van der Waals surface area contributed by atoms with Gasteiger partial charge in [0, 0.05) is 6.54 Å². The molecule has 78 valence electrons. The fourth-order valence-corrected chi connectivity index (χ4v) is 2.28. The van der Waals surface area contributed by atoms with Gasteiger partial charge in [-0.3, -0.25) is 0 Å². The molecule has 1 aliphatic rings. The van der Waals surface area contributed by atoms with Crippen LogP contribution in [-0.4, -0.2) is 24.5 Å². The zero-order chi connectivity index (χ0) is 9.73. The minimum Gasteiger partial charge on any atom is -0.303 e. The van der Waals surface area contributed by atoms with Gasteiger partial charge in [-0.2, -0.15) is 0 Å². The number of hydrogen-bond acceptors (Lipinski definition) is 1. The van der Waals surface area contributed by atoms with Gasteiger partial charge in [0.15, 0.2) is 0 Å². The van der Waals surface area contributed by atoms with E-state index in [1.807, 2.05) is 0 Å². The number of likely N-dealkylation sites (tertiary alicyclic amines) is 1. The summed E-state index contributed by atoms with van der Waals surface area (Å²) in [6.07, 6.45) is 6.96. The highest BCUT2D eigenvalue weighted by molar-refractivity contribution is 4.76.